The molecule has 0 N–H and O–H groups in total. The second-order valence-corrected chi connectivity index (χ2v) is 8.36. The maximum Gasteiger partial charge on any atom is 0.297 e. The van der Waals surface area contributed by atoms with E-state index in [0.717, 1.165) is 22.6 Å². The third-order valence-corrected chi connectivity index (χ3v) is 6.30. The van der Waals surface area contributed by atoms with E-state index in [1.807, 2.05) is 56.5 Å². The number of hydrogen-bond donors (Lipinski definition) is 0. The fraction of sp³-hybridized carbons (Fsp3) is 0.208. The van der Waals surface area contributed by atoms with Gasteiger partial charge in [-0.2, -0.15) is 0 Å². The lowest BCUT2D eigenvalue weighted by Gasteiger charge is -2.22. The van der Waals surface area contributed by atoms with Crippen molar-refractivity contribution >= 4 is 33.3 Å². The van der Waals surface area contributed by atoms with Gasteiger partial charge in [-0.05, 0) is 50.6 Å². The molecule has 0 saturated carbocycles. The zero-order chi connectivity index (χ0) is 21.7. The van der Waals surface area contributed by atoms with Gasteiger partial charge >= 0.3 is 0 Å². The van der Waals surface area contributed by atoms with Crippen LogP contribution < -0.4 is 15.1 Å². The summed E-state index contributed by atoms with van der Waals surface area (Å²) >= 11 is 1.37. The minimum absolute atomic E-state index is 0.0769. The molecule has 0 spiro atoms. The quantitative estimate of drug-likeness (QED) is 0.453. The van der Waals surface area contributed by atoms with Crippen LogP contribution in [0.25, 0.3) is 11.0 Å². The maximum absolute atomic E-state index is 13.6. The molecule has 1 unspecified atom stereocenters. The van der Waals surface area contributed by atoms with E-state index in [-0.39, 0.29) is 17.1 Å². The molecule has 31 heavy (non-hydrogen) atoms. The molecular formula is C24H20N2O4S. The van der Waals surface area contributed by atoms with Gasteiger partial charge in [0.25, 0.3) is 5.91 Å². The molecule has 1 amide bonds. The van der Waals surface area contributed by atoms with Crippen LogP contribution in [0.5, 0.6) is 5.75 Å². The number of benzene rings is 2. The van der Waals surface area contributed by atoms with E-state index >= 15 is 0 Å². The zero-order valence-corrected chi connectivity index (χ0v) is 18.2. The summed E-state index contributed by atoms with van der Waals surface area (Å²) in [5.41, 5.74) is 3.12. The number of ether oxygens (including phenoxy) is 1. The van der Waals surface area contributed by atoms with Gasteiger partial charge in [-0.1, -0.05) is 23.8 Å². The second kappa shape index (κ2) is 7.35. The largest absolute Gasteiger partial charge is 0.494 e. The highest BCUT2D eigenvalue weighted by Crippen LogP contribution is 2.42. The number of carbonyl (C=O) groups excluding carboxylic acids is 1. The van der Waals surface area contributed by atoms with Crippen molar-refractivity contribution in [2.75, 3.05) is 11.5 Å². The summed E-state index contributed by atoms with van der Waals surface area (Å²) in [5.74, 6) is 0.449. The molecule has 0 radical (unpaired) electrons. The Kier molecular flexibility index (Phi) is 4.63. The first-order valence-electron chi connectivity index (χ1n) is 10.0. The molecule has 1 aliphatic rings. The van der Waals surface area contributed by atoms with Crippen LogP contribution in [-0.4, -0.2) is 17.5 Å². The molecule has 4 aromatic rings. The number of hydrogen-bond acceptors (Lipinski definition) is 6. The predicted octanol–water partition coefficient (Wildman–Crippen LogP) is 5.01. The summed E-state index contributed by atoms with van der Waals surface area (Å²) in [7, 11) is 0. The number of anilines is 1. The van der Waals surface area contributed by atoms with Gasteiger partial charge in [-0.3, -0.25) is 14.5 Å². The topological polar surface area (TPSA) is 72.6 Å². The molecule has 2 aromatic heterocycles. The first-order chi connectivity index (χ1) is 15.0. The van der Waals surface area contributed by atoms with E-state index < -0.39 is 6.04 Å². The van der Waals surface area contributed by atoms with E-state index in [0.29, 0.717) is 28.3 Å². The van der Waals surface area contributed by atoms with Gasteiger partial charge < -0.3 is 9.15 Å². The van der Waals surface area contributed by atoms with Crippen LogP contribution in [0.2, 0.25) is 0 Å². The number of carbonyl (C=O) groups is 1. The number of rotatable bonds is 4. The number of nitrogens with zero attached hydrogens (tertiary/aromatic N) is 2. The fourth-order valence-corrected chi connectivity index (χ4v) is 4.79. The molecule has 5 rings (SSSR count). The minimum atomic E-state index is -0.620. The summed E-state index contributed by atoms with van der Waals surface area (Å²) in [6, 6.07) is 12.2. The average Bonchev–Trinajstić information content (AvgIpc) is 3.31. The van der Waals surface area contributed by atoms with Gasteiger partial charge in [-0.25, -0.2) is 4.98 Å². The van der Waals surface area contributed by atoms with Crippen molar-refractivity contribution in [2.24, 2.45) is 0 Å². The fourth-order valence-electron chi connectivity index (χ4n) is 3.96. The second-order valence-electron chi connectivity index (χ2n) is 7.52. The highest BCUT2D eigenvalue weighted by Gasteiger charge is 2.44. The van der Waals surface area contributed by atoms with E-state index in [4.69, 9.17) is 9.15 Å². The molecular weight excluding hydrogens is 412 g/mol. The molecule has 6 nitrogen and oxygen atoms in total. The molecule has 1 aliphatic heterocycles. The number of thiazole rings is 1. The van der Waals surface area contributed by atoms with Crippen LogP contribution >= 0.6 is 11.3 Å². The number of aryl methyl sites for hydroxylation is 2. The van der Waals surface area contributed by atoms with E-state index in [1.165, 1.54) is 11.3 Å². The van der Waals surface area contributed by atoms with Crippen molar-refractivity contribution in [3.8, 4) is 5.75 Å². The van der Waals surface area contributed by atoms with Crippen molar-refractivity contribution in [3.05, 3.63) is 86.2 Å². The van der Waals surface area contributed by atoms with Crippen LogP contribution in [0.4, 0.5) is 5.13 Å². The van der Waals surface area contributed by atoms with Crippen molar-refractivity contribution in [1.29, 1.82) is 0 Å². The first-order valence-corrected chi connectivity index (χ1v) is 10.9. The SMILES string of the molecule is CCOc1ccc(C2c3c(oc4ccc(C)cc4c3=O)C(=O)N2c2nc(C)cs2)cc1. The van der Waals surface area contributed by atoms with Crippen LogP contribution in [-0.2, 0) is 0 Å². The van der Waals surface area contributed by atoms with Gasteiger partial charge in [0.05, 0.1) is 29.3 Å². The van der Waals surface area contributed by atoms with Gasteiger partial charge in [0, 0.05) is 5.38 Å². The Hall–Kier alpha value is -3.45. The normalized spacial score (nSPS) is 15.5. The van der Waals surface area contributed by atoms with Crippen LogP contribution in [0, 0.1) is 13.8 Å². The Morgan fingerprint density at radius 1 is 1.13 bits per heavy atom. The molecule has 3 heterocycles. The standard InChI is InChI=1S/C24H20N2O4S/c1-4-29-16-8-6-15(7-9-16)20-19-21(27)17-11-13(2)5-10-18(17)30-22(19)23(28)26(20)24-25-14(3)12-31-24/h5-12,20H,4H2,1-3H3. The molecule has 0 aliphatic carbocycles. The van der Waals surface area contributed by atoms with Crippen LogP contribution in [0.1, 0.15) is 45.9 Å². The average molecular weight is 433 g/mol. The van der Waals surface area contributed by atoms with Crippen molar-refractivity contribution in [1.82, 2.24) is 4.98 Å². The predicted molar refractivity (Wildman–Crippen MR) is 120 cm³/mol. The van der Waals surface area contributed by atoms with Crippen molar-refractivity contribution < 1.29 is 13.9 Å². The first kappa shape index (κ1) is 19.5. The minimum Gasteiger partial charge on any atom is -0.494 e. The van der Waals surface area contributed by atoms with Crippen LogP contribution in [0.3, 0.4) is 0 Å². The Morgan fingerprint density at radius 2 is 1.90 bits per heavy atom. The Bertz CT molecular complexity index is 1370. The van der Waals surface area contributed by atoms with Gasteiger partial charge in [-0.15, -0.1) is 11.3 Å². The Labute approximate surface area is 182 Å². The smallest absolute Gasteiger partial charge is 0.297 e. The molecule has 1 atom stereocenters. The summed E-state index contributed by atoms with van der Waals surface area (Å²) in [6.45, 7) is 6.28. The zero-order valence-electron chi connectivity index (χ0n) is 17.3. The van der Waals surface area contributed by atoms with Gasteiger partial charge in [0.1, 0.15) is 11.3 Å². The Balaban J connectivity index is 1.76. The van der Waals surface area contributed by atoms with Crippen LogP contribution in [0.15, 0.2) is 57.1 Å². The summed E-state index contributed by atoms with van der Waals surface area (Å²) in [4.78, 5) is 33.1. The van der Waals surface area contributed by atoms with E-state index in [9.17, 15) is 9.59 Å². The maximum atomic E-state index is 13.6. The molecule has 0 bridgehead atoms. The number of amides is 1. The highest BCUT2D eigenvalue weighted by molar-refractivity contribution is 7.14. The van der Waals surface area contributed by atoms with Crippen molar-refractivity contribution in [2.45, 2.75) is 26.8 Å². The van der Waals surface area contributed by atoms with Gasteiger partial charge in [0.15, 0.2) is 10.6 Å². The molecule has 2 aromatic carbocycles. The lowest BCUT2D eigenvalue weighted by Crippen LogP contribution is -2.29. The molecule has 0 saturated heterocycles. The highest BCUT2D eigenvalue weighted by atomic mass is 32.1. The third-order valence-electron chi connectivity index (χ3n) is 5.35. The third kappa shape index (κ3) is 3.13. The van der Waals surface area contributed by atoms with E-state index in [2.05, 4.69) is 4.98 Å². The van der Waals surface area contributed by atoms with Gasteiger partial charge in [0.2, 0.25) is 5.76 Å². The van der Waals surface area contributed by atoms with E-state index in [1.54, 1.807) is 17.0 Å². The Morgan fingerprint density at radius 3 is 2.58 bits per heavy atom. The lowest BCUT2D eigenvalue weighted by molar-refractivity contribution is 0.0971. The monoisotopic (exact) mass is 432 g/mol. The molecule has 7 heteroatoms. The summed E-state index contributed by atoms with van der Waals surface area (Å²) in [5, 5.41) is 2.89. The summed E-state index contributed by atoms with van der Waals surface area (Å²) < 4.78 is 11.5. The number of aromatic nitrogens is 1. The summed E-state index contributed by atoms with van der Waals surface area (Å²) in [6.07, 6.45) is 0. The lowest BCUT2D eigenvalue weighted by atomic mass is 9.98. The van der Waals surface area contributed by atoms with Crippen molar-refractivity contribution in [3.63, 3.8) is 0 Å². The number of fused-ring (bicyclic) bond motifs is 2. The molecule has 156 valence electrons. The molecule has 0 fully saturated rings.